The van der Waals surface area contributed by atoms with E-state index in [9.17, 15) is 0 Å². The molecule has 0 aromatic carbocycles. The van der Waals surface area contributed by atoms with Gasteiger partial charge in [0.15, 0.2) is 0 Å². The molecular formula is C11H18N4S. The molecule has 1 saturated carbocycles. The van der Waals surface area contributed by atoms with Gasteiger partial charge < -0.3 is 5.43 Å². The Balaban J connectivity index is 2.04. The Kier molecular flexibility index (Phi) is 4.01. The molecule has 1 aliphatic carbocycles. The molecule has 0 radical (unpaired) electrons. The van der Waals surface area contributed by atoms with Crippen molar-refractivity contribution in [2.75, 3.05) is 5.43 Å². The molecule has 0 spiro atoms. The first-order valence-electron chi connectivity index (χ1n) is 5.77. The van der Waals surface area contributed by atoms with Crippen LogP contribution in [-0.4, -0.2) is 15.2 Å². The molecule has 2 rings (SSSR count). The Bertz CT molecular complexity index is 350. The predicted octanol–water partition coefficient (Wildman–Crippen LogP) is 2.50. The fourth-order valence-corrected chi connectivity index (χ4v) is 3.30. The second-order valence-corrected chi connectivity index (χ2v) is 5.48. The van der Waals surface area contributed by atoms with Gasteiger partial charge in [-0.1, -0.05) is 19.3 Å². The van der Waals surface area contributed by atoms with Crippen molar-refractivity contribution in [1.29, 1.82) is 0 Å². The van der Waals surface area contributed by atoms with Crippen molar-refractivity contribution < 1.29 is 0 Å². The van der Waals surface area contributed by atoms with Crippen LogP contribution in [0.1, 0.15) is 37.9 Å². The van der Waals surface area contributed by atoms with Crippen molar-refractivity contribution >= 4 is 17.6 Å². The molecule has 0 bridgehead atoms. The highest BCUT2D eigenvalue weighted by Crippen LogP contribution is 2.33. The second-order valence-electron chi connectivity index (χ2n) is 4.16. The molecule has 0 aliphatic heterocycles. The number of anilines is 1. The average molecular weight is 238 g/mol. The van der Waals surface area contributed by atoms with E-state index in [0.717, 1.165) is 10.9 Å². The van der Waals surface area contributed by atoms with Crippen LogP contribution in [0.25, 0.3) is 0 Å². The zero-order valence-corrected chi connectivity index (χ0v) is 10.4. The number of nitrogens with zero attached hydrogens (tertiary/aromatic N) is 2. The van der Waals surface area contributed by atoms with Gasteiger partial charge in [-0.05, 0) is 19.8 Å². The lowest BCUT2D eigenvalue weighted by Gasteiger charge is -2.20. The van der Waals surface area contributed by atoms with E-state index >= 15 is 0 Å². The van der Waals surface area contributed by atoms with Crippen LogP contribution in [0.2, 0.25) is 0 Å². The Morgan fingerprint density at radius 1 is 1.31 bits per heavy atom. The van der Waals surface area contributed by atoms with E-state index in [2.05, 4.69) is 15.4 Å². The summed E-state index contributed by atoms with van der Waals surface area (Å²) < 4.78 is 0. The molecule has 1 fully saturated rings. The summed E-state index contributed by atoms with van der Waals surface area (Å²) in [6.07, 6.45) is 6.70. The Labute approximate surface area is 100 Å². The van der Waals surface area contributed by atoms with E-state index in [0.29, 0.717) is 11.1 Å². The fraction of sp³-hybridized carbons (Fsp3) is 0.636. The summed E-state index contributed by atoms with van der Waals surface area (Å²) in [4.78, 5) is 8.62. The van der Waals surface area contributed by atoms with Gasteiger partial charge in [-0.2, -0.15) is 0 Å². The molecule has 0 unspecified atom stereocenters. The van der Waals surface area contributed by atoms with Gasteiger partial charge in [0, 0.05) is 11.3 Å². The van der Waals surface area contributed by atoms with Crippen molar-refractivity contribution in [3.05, 3.63) is 11.9 Å². The smallest absolute Gasteiger partial charge is 0.144 e. The molecule has 16 heavy (non-hydrogen) atoms. The van der Waals surface area contributed by atoms with Crippen molar-refractivity contribution in [3.63, 3.8) is 0 Å². The number of hydrogen-bond donors (Lipinski definition) is 2. The van der Waals surface area contributed by atoms with Crippen molar-refractivity contribution in [2.45, 2.75) is 49.3 Å². The summed E-state index contributed by atoms with van der Waals surface area (Å²) in [6, 6.07) is 1.92. The summed E-state index contributed by atoms with van der Waals surface area (Å²) in [5.74, 6) is 6.84. The molecule has 0 saturated heterocycles. The van der Waals surface area contributed by atoms with Gasteiger partial charge >= 0.3 is 0 Å². The molecule has 88 valence electrons. The highest BCUT2D eigenvalue weighted by molar-refractivity contribution is 7.99. The second kappa shape index (κ2) is 5.50. The van der Waals surface area contributed by atoms with Crippen molar-refractivity contribution in [1.82, 2.24) is 9.97 Å². The topological polar surface area (TPSA) is 63.8 Å². The maximum absolute atomic E-state index is 5.37. The molecule has 1 aromatic rings. The van der Waals surface area contributed by atoms with Crippen LogP contribution in [0.5, 0.6) is 0 Å². The van der Waals surface area contributed by atoms with Crippen LogP contribution in [0.15, 0.2) is 11.1 Å². The number of rotatable bonds is 3. The third-order valence-electron chi connectivity index (χ3n) is 2.80. The fourth-order valence-electron chi connectivity index (χ4n) is 2.03. The van der Waals surface area contributed by atoms with Crippen LogP contribution in [0, 0.1) is 6.92 Å². The lowest BCUT2D eigenvalue weighted by molar-refractivity contribution is 0.515. The highest BCUT2D eigenvalue weighted by atomic mass is 32.2. The molecule has 3 N–H and O–H groups in total. The number of hydrazine groups is 1. The Hall–Kier alpha value is -0.810. The maximum atomic E-state index is 5.37. The summed E-state index contributed by atoms with van der Waals surface area (Å²) in [6.45, 7) is 1.89. The van der Waals surface area contributed by atoms with E-state index in [1.165, 1.54) is 32.1 Å². The van der Waals surface area contributed by atoms with Crippen LogP contribution in [0.3, 0.4) is 0 Å². The van der Waals surface area contributed by atoms with Crippen LogP contribution >= 0.6 is 11.8 Å². The van der Waals surface area contributed by atoms with Crippen molar-refractivity contribution in [3.8, 4) is 0 Å². The monoisotopic (exact) mass is 238 g/mol. The maximum Gasteiger partial charge on any atom is 0.144 e. The molecule has 1 aliphatic rings. The van der Waals surface area contributed by atoms with Crippen LogP contribution < -0.4 is 11.3 Å². The summed E-state index contributed by atoms with van der Waals surface area (Å²) in [5, 5.41) is 1.75. The van der Waals surface area contributed by atoms with Crippen LogP contribution in [0.4, 0.5) is 5.82 Å². The van der Waals surface area contributed by atoms with Gasteiger partial charge in [0.1, 0.15) is 16.7 Å². The third kappa shape index (κ3) is 3.09. The first kappa shape index (κ1) is 11.7. The number of thioether (sulfide) groups is 1. The van der Waals surface area contributed by atoms with Gasteiger partial charge in [-0.25, -0.2) is 15.8 Å². The molecule has 5 heteroatoms. The van der Waals surface area contributed by atoms with Gasteiger partial charge in [-0.15, -0.1) is 11.8 Å². The molecule has 0 amide bonds. The van der Waals surface area contributed by atoms with Crippen molar-refractivity contribution in [2.24, 2.45) is 5.84 Å². The molecular weight excluding hydrogens is 220 g/mol. The first-order chi connectivity index (χ1) is 7.78. The average Bonchev–Trinajstić information content (AvgIpc) is 2.29. The van der Waals surface area contributed by atoms with Gasteiger partial charge in [0.05, 0.1) is 0 Å². The lowest BCUT2D eigenvalue weighted by Crippen LogP contribution is -2.11. The standard InChI is InChI=1S/C11H18N4S/c1-8-13-10(15-12)7-11(14-8)16-9-5-3-2-4-6-9/h7,9H,2-6,12H2,1H3,(H,13,14,15). The Morgan fingerprint density at radius 3 is 2.75 bits per heavy atom. The highest BCUT2D eigenvalue weighted by Gasteiger charge is 2.15. The predicted molar refractivity (Wildman–Crippen MR) is 67.3 cm³/mol. The number of nitrogen functional groups attached to an aromatic ring is 1. The number of aryl methyl sites for hydroxylation is 1. The zero-order chi connectivity index (χ0) is 11.4. The number of nitrogens with one attached hydrogen (secondary N) is 1. The van der Waals surface area contributed by atoms with Gasteiger partial charge in [-0.3, -0.25) is 0 Å². The van der Waals surface area contributed by atoms with E-state index in [1.807, 2.05) is 24.8 Å². The molecule has 1 aromatic heterocycles. The van der Waals surface area contributed by atoms with E-state index in [4.69, 9.17) is 5.84 Å². The molecule has 1 heterocycles. The largest absolute Gasteiger partial charge is 0.308 e. The van der Waals surface area contributed by atoms with E-state index < -0.39 is 0 Å². The minimum absolute atomic E-state index is 0.700. The zero-order valence-electron chi connectivity index (χ0n) is 9.57. The molecule has 4 nitrogen and oxygen atoms in total. The minimum Gasteiger partial charge on any atom is -0.308 e. The lowest BCUT2D eigenvalue weighted by atomic mass is 10.0. The van der Waals surface area contributed by atoms with Gasteiger partial charge in [0.2, 0.25) is 0 Å². The summed E-state index contributed by atoms with van der Waals surface area (Å²) >= 11 is 1.86. The number of hydrogen-bond acceptors (Lipinski definition) is 5. The Morgan fingerprint density at radius 2 is 2.06 bits per heavy atom. The van der Waals surface area contributed by atoms with Gasteiger partial charge in [0.25, 0.3) is 0 Å². The summed E-state index contributed by atoms with van der Waals surface area (Å²) in [5.41, 5.74) is 2.58. The quantitative estimate of drug-likeness (QED) is 0.481. The first-order valence-corrected chi connectivity index (χ1v) is 6.65. The number of aromatic nitrogens is 2. The summed E-state index contributed by atoms with van der Waals surface area (Å²) in [7, 11) is 0. The number of nitrogens with two attached hydrogens (primary N) is 1. The van der Waals surface area contributed by atoms with Crippen LogP contribution in [-0.2, 0) is 0 Å². The van der Waals surface area contributed by atoms with E-state index in [-0.39, 0.29) is 0 Å². The molecule has 0 atom stereocenters. The normalized spacial score (nSPS) is 17.4. The minimum atomic E-state index is 0.700. The SMILES string of the molecule is Cc1nc(NN)cc(SC2CCCCC2)n1. The van der Waals surface area contributed by atoms with E-state index in [1.54, 1.807) is 0 Å². The third-order valence-corrected chi connectivity index (χ3v) is 4.06.